The van der Waals surface area contributed by atoms with E-state index in [1.54, 1.807) is 0 Å². The Bertz CT molecular complexity index is 171. The third-order valence-corrected chi connectivity index (χ3v) is 2.82. The average Bonchev–Trinajstić information content (AvgIpc) is 2.37. The highest BCUT2D eigenvalue weighted by Crippen LogP contribution is 2.37. The Kier molecular flexibility index (Phi) is 2.73. The highest BCUT2D eigenvalue weighted by atomic mass is 16.4. The second-order valence-corrected chi connectivity index (χ2v) is 3.61. The maximum Gasteiger partial charge on any atom is 0.309 e. The minimum atomic E-state index is -0.916. The number of aliphatic carboxylic acids is 1. The summed E-state index contributed by atoms with van der Waals surface area (Å²) in [5.41, 5.74) is -0.916. The summed E-state index contributed by atoms with van der Waals surface area (Å²) in [5.74, 6) is -1.43. The zero-order chi connectivity index (χ0) is 9.19. The molecule has 1 aliphatic carbocycles. The lowest BCUT2D eigenvalue weighted by Gasteiger charge is -2.28. The Morgan fingerprint density at radius 2 is 2.00 bits per heavy atom. The molecule has 0 aromatic rings. The molecule has 1 fully saturated rings. The Labute approximate surface area is 72.4 Å². The second-order valence-electron chi connectivity index (χ2n) is 3.61. The summed E-state index contributed by atoms with van der Waals surface area (Å²) in [6, 6.07) is 0. The van der Waals surface area contributed by atoms with E-state index in [2.05, 4.69) is 0 Å². The standard InChI is InChI=1S/C9H16O3/c1-2-7(8(10)11)9(12)5-3-4-6-9/h7,12H,2-6H2,1H3,(H,10,11). The van der Waals surface area contributed by atoms with E-state index in [0.717, 1.165) is 12.8 Å². The van der Waals surface area contributed by atoms with E-state index < -0.39 is 17.5 Å². The Hall–Kier alpha value is -0.570. The molecule has 12 heavy (non-hydrogen) atoms. The maximum atomic E-state index is 10.8. The van der Waals surface area contributed by atoms with Gasteiger partial charge in [-0.2, -0.15) is 0 Å². The minimum absolute atomic E-state index is 0.520. The van der Waals surface area contributed by atoms with Crippen molar-refractivity contribution in [3.05, 3.63) is 0 Å². The molecular weight excluding hydrogens is 156 g/mol. The van der Waals surface area contributed by atoms with Crippen molar-refractivity contribution in [3.8, 4) is 0 Å². The number of aliphatic hydroxyl groups is 1. The van der Waals surface area contributed by atoms with Gasteiger partial charge in [0.15, 0.2) is 0 Å². The van der Waals surface area contributed by atoms with Gasteiger partial charge in [-0.15, -0.1) is 0 Å². The lowest BCUT2D eigenvalue weighted by atomic mass is 9.84. The Morgan fingerprint density at radius 1 is 1.50 bits per heavy atom. The summed E-state index contributed by atoms with van der Waals surface area (Å²) in [6.07, 6.45) is 3.74. The molecule has 1 saturated carbocycles. The fourth-order valence-electron chi connectivity index (χ4n) is 2.12. The highest BCUT2D eigenvalue weighted by Gasteiger charge is 2.42. The van der Waals surface area contributed by atoms with Crippen molar-refractivity contribution in [1.29, 1.82) is 0 Å². The van der Waals surface area contributed by atoms with Crippen molar-refractivity contribution < 1.29 is 15.0 Å². The van der Waals surface area contributed by atoms with Gasteiger partial charge in [0.1, 0.15) is 0 Å². The molecule has 0 radical (unpaired) electrons. The van der Waals surface area contributed by atoms with Gasteiger partial charge in [-0.3, -0.25) is 4.79 Å². The van der Waals surface area contributed by atoms with Crippen LogP contribution in [-0.4, -0.2) is 21.8 Å². The fourth-order valence-corrected chi connectivity index (χ4v) is 2.12. The first-order chi connectivity index (χ1) is 5.60. The Morgan fingerprint density at radius 3 is 2.33 bits per heavy atom. The molecule has 0 saturated heterocycles. The van der Waals surface area contributed by atoms with Crippen LogP contribution in [0.25, 0.3) is 0 Å². The van der Waals surface area contributed by atoms with Gasteiger partial charge in [0.2, 0.25) is 0 Å². The fraction of sp³-hybridized carbons (Fsp3) is 0.889. The zero-order valence-corrected chi connectivity index (χ0v) is 7.42. The molecule has 3 heteroatoms. The van der Waals surface area contributed by atoms with Crippen LogP contribution in [-0.2, 0) is 4.79 Å². The lowest BCUT2D eigenvalue weighted by Crippen LogP contribution is -2.39. The zero-order valence-electron chi connectivity index (χ0n) is 7.42. The first-order valence-corrected chi connectivity index (χ1v) is 4.55. The van der Waals surface area contributed by atoms with Crippen molar-refractivity contribution in [2.24, 2.45) is 5.92 Å². The van der Waals surface area contributed by atoms with Crippen LogP contribution in [0.15, 0.2) is 0 Å². The summed E-state index contributed by atoms with van der Waals surface area (Å²) in [4.78, 5) is 10.8. The SMILES string of the molecule is CCC(C(=O)O)C1(O)CCCC1. The first kappa shape index (κ1) is 9.52. The quantitative estimate of drug-likeness (QED) is 0.676. The third kappa shape index (κ3) is 1.61. The Balaban J connectivity index is 2.69. The molecule has 1 rings (SSSR count). The predicted octanol–water partition coefficient (Wildman–Crippen LogP) is 1.40. The third-order valence-electron chi connectivity index (χ3n) is 2.82. The first-order valence-electron chi connectivity index (χ1n) is 4.55. The van der Waals surface area contributed by atoms with E-state index in [9.17, 15) is 9.90 Å². The summed E-state index contributed by atoms with van der Waals surface area (Å²) in [5, 5.41) is 18.8. The van der Waals surface area contributed by atoms with E-state index in [4.69, 9.17) is 5.11 Å². The van der Waals surface area contributed by atoms with Crippen LogP contribution in [0.1, 0.15) is 39.0 Å². The summed E-state index contributed by atoms with van der Waals surface area (Å²) in [7, 11) is 0. The number of hydrogen-bond acceptors (Lipinski definition) is 2. The van der Waals surface area contributed by atoms with Crippen molar-refractivity contribution in [3.63, 3.8) is 0 Å². The monoisotopic (exact) mass is 172 g/mol. The molecule has 2 N–H and O–H groups in total. The number of rotatable bonds is 3. The molecule has 1 atom stereocenters. The number of hydrogen-bond donors (Lipinski definition) is 2. The largest absolute Gasteiger partial charge is 0.481 e. The molecule has 0 amide bonds. The van der Waals surface area contributed by atoms with Crippen LogP contribution in [0.3, 0.4) is 0 Å². The molecule has 0 aromatic heterocycles. The molecule has 70 valence electrons. The van der Waals surface area contributed by atoms with Gasteiger partial charge in [0.05, 0.1) is 11.5 Å². The van der Waals surface area contributed by atoms with Crippen molar-refractivity contribution >= 4 is 5.97 Å². The van der Waals surface area contributed by atoms with Crippen LogP contribution in [0.2, 0.25) is 0 Å². The minimum Gasteiger partial charge on any atom is -0.481 e. The highest BCUT2D eigenvalue weighted by molar-refractivity contribution is 5.71. The van der Waals surface area contributed by atoms with Gasteiger partial charge in [-0.25, -0.2) is 0 Å². The molecule has 0 aliphatic heterocycles. The topological polar surface area (TPSA) is 57.5 Å². The van der Waals surface area contributed by atoms with Gasteiger partial charge in [0.25, 0.3) is 0 Å². The van der Waals surface area contributed by atoms with E-state index in [0.29, 0.717) is 19.3 Å². The molecule has 3 nitrogen and oxygen atoms in total. The van der Waals surface area contributed by atoms with E-state index in [1.807, 2.05) is 6.92 Å². The van der Waals surface area contributed by atoms with Crippen molar-refractivity contribution in [1.82, 2.24) is 0 Å². The molecule has 0 spiro atoms. The van der Waals surface area contributed by atoms with Gasteiger partial charge in [-0.1, -0.05) is 19.8 Å². The summed E-state index contributed by atoms with van der Waals surface area (Å²) >= 11 is 0. The number of carbonyl (C=O) groups is 1. The number of carboxylic acids is 1. The van der Waals surface area contributed by atoms with Crippen LogP contribution >= 0.6 is 0 Å². The second kappa shape index (κ2) is 3.44. The van der Waals surface area contributed by atoms with Crippen LogP contribution in [0.4, 0.5) is 0 Å². The molecular formula is C9H16O3. The van der Waals surface area contributed by atoms with Crippen LogP contribution in [0, 0.1) is 5.92 Å². The number of carboxylic acid groups (broad SMARTS) is 1. The van der Waals surface area contributed by atoms with Gasteiger partial charge in [0, 0.05) is 0 Å². The maximum absolute atomic E-state index is 10.8. The molecule has 0 bridgehead atoms. The molecule has 0 heterocycles. The lowest BCUT2D eigenvalue weighted by molar-refractivity contribution is -0.152. The van der Waals surface area contributed by atoms with Crippen LogP contribution in [0.5, 0.6) is 0 Å². The summed E-state index contributed by atoms with van der Waals surface area (Å²) < 4.78 is 0. The van der Waals surface area contributed by atoms with Crippen molar-refractivity contribution in [2.75, 3.05) is 0 Å². The molecule has 0 aromatic carbocycles. The van der Waals surface area contributed by atoms with Crippen LogP contribution < -0.4 is 0 Å². The van der Waals surface area contributed by atoms with Crippen molar-refractivity contribution in [2.45, 2.75) is 44.6 Å². The van der Waals surface area contributed by atoms with Gasteiger partial charge < -0.3 is 10.2 Å². The summed E-state index contributed by atoms with van der Waals surface area (Å²) in [6.45, 7) is 1.81. The smallest absolute Gasteiger partial charge is 0.309 e. The average molecular weight is 172 g/mol. The van der Waals surface area contributed by atoms with Gasteiger partial charge in [-0.05, 0) is 19.3 Å². The van der Waals surface area contributed by atoms with E-state index in [-0.39, 0.29) is 0 Å². The normalized spacial score (nSPS) is 23.8. The van der Waals surface area contributed by atoms with Gasteiger partial charge >= 0.3 is 5.97 Å². The molecule has 1 unspecified atom stereocenters. The van der Waals surface area contributed by atoms with E-state index in [1.165, 1.54) is 0 Å². The predicted molar refractivity (Wildman–Crippen MR) is 44.8 cm³/mol. The molecule has 1 aliphatic rings. The van der Waals surface area contributed by atoms with E-state index >= 15 is 0 Å².